The summed E-state index contributed by atoms with van der Waals surface area (Å²) in [5.41, 5.74) is 1.57. The Morgan fingerprint density at radius 2 is 1.69 bits per heavy atom. The molecule has 2 rings (SSSR count). The zero-order chi connectivity index (χ0) is 11.4. The van der Waals surface area contributed by atoms with E-state index in [1.165, 1.54) is 18.2 Å². The van der Waals surface area contributed by atoms with Gasteiger partial charge in [-0.3, -0.25) is 4.79 Å². The number of aromatic amines is 1. The lowest BCUT2D eigenvalue weighted by Crippen LogP contribution is -2.01. The van der Waals surface area contributed by atoms with Crippen LogP contribution in [0.1, 0.15) is 11.1 Å². The fraction of sp³-hybridized carbons (Fsp3) is 0. The van der Waals surface area contributed by atoms with E-state index >= 15 is 0 Å². The van der Waals surface area contributed by atoms with Crippen molar-refractivity contribution < 1.29 is 4.39 Å². The van der Waals surface area contributed by atoms with E-state index < -0.39 is 0 Å². The Morgan fingerprint density at radius 1 is 1.00 bits per heavy atom. The zero-order valence-electron chi connectivity index (χ0n) is 8.48. The molecule has 3 heteroatoms. The molecule has 0 radical (unpaired) electrons. The molecular formula is C13H10FNO. The minimum absolute atomic E-state index is 0.138. The molecule has 0 unspecified atom stereocenters. The van der Waals surface area contributed by atoms with Crippen LogP contribution in [0.3, 0.4) is 0 Å². The lowest BCUT2D eigenvalue weighted by Gasteiger charge is -1.93. The van der Waals surface area contributed by atoms with Gasteiger partial charge in [-0.25, -0.2) is 4.39 Å². The highest BCUT2D eigenvalue weighted by Gasteiger charge is 1.90. The number of rotatable bonds is 2. The highest BCUT2D eigenvalue weighted by atomic mass is 19.1. The third-order valence-electron chi connectivity index (χ3n) is 2.14. The first-order valence-electron chi connectivity index (χ1n) is 4.86. The van der Waals surface area contributed by atoms with Crippen LogP contribution in [-0.2, 0) is 0 Å². The Kier molecular flexibility index (Phi) is 2.96. The molecule has 2 nitrogen and oxygen atoms in total. The summed E-state index contributed by atoms with van der Waals surface area (Å²) in [6.45, 7) is 0. The Bertz CT molecular complexity index is 555. The summed E-state index contributed by atoms with van der Waals surface area (Å²) < 4.78 is 12.6. The van der Waals surface area contributed by atoms with Crippen molar-refractivity contribution in [2.24, 2.45) is 0 Å². The van der Waals surface area contributed by atoms with Crippen LogP contribution in [0, 0.1) is 5.82 Å². The van der Waals surface area contributed by atoms with Crippen LogP contribution >= 0.6 is 0 Å². The van der Waals surface area contributed by atoms with Gasteiger partial charge in [0.05, 0.1) is 0 Å². The van der Waals surface area contributed by atoms with Crippen molar-refractivity contribution in [1.82, 2.24) is 4.98 Å². The van der Waals surface area contributed by atoms with Gasteiger partial charge in [0.1, 0.15) is 5.82 Å². The summed E-state index contributed by atoms with van der Waals surface area (Å²) in [4.78, 5) is 13.5. The monoisotopic (exact) mass is 215 g/mol. The number of hydrogen-bond donors (Lipinski definition) is 1. The van der Waals surface area contributed by atoms with Crippen molar-refractivity contribution >= 4 is 12.2 Å². The molecule has 0 saturated heterocycles. The maximum atomic E-state index is 12.6. The van der Waals surface area contributed by atoms with Crippen LogP contribution < -0.4 is 5.56 Å². The minimum atomic E-state index is -0.256. The molecule has 0 bridgehead atoms. The molecule has 0 aliphatic carbocycles. The van der Waals surface area contributed by atoms with Gasteiger partial charge >= 0.3 is 0 Å². The smallest absolute Gasteiger partial charge is 0.248 e. The summed E-state index contributed by atoms with van der Waals surface area (Å²) in [5.74, 6) is -0.256. The molecule has 1 N–H and O–H groups in total. The van der Waals surface area contributed by atoms with Gasteiger partial charge in [0.2, 0.25) is 5.56 Å². The van der Waals surface area contributed by atoms with Gasteiger partial charge in [0, 0.05) is 12.3 Å². The third kappa shape index (κ3) is 2.67. The van der Waals surface area contributed by atoms with Crippen LogP contribution in [0.4, 0.5) is 4.39 Å². The second-order valence-corrected chi connectivity index (χ2v) is 3.37. The Morgan fingerprint density at radius 3 is 2.38 bits per heavy atom. The van der Waals surface area contributed by atoms with Crippen molar-refractivity contribution in [2.75, 3.05) is 0 Å². The summed E-state index contributed by atoms with van der Waals surface area (Å²) >= 11 is 0. The van der Waals surface area contributed by atoms with E-state index in [4.69, 9.17) is 0 Å². The van der Waals surface area contributed by atoms with Crippen LogP contribution in [-0.4, -0.2) is 4.98 Å². The summed E-state index contributed by atoms with van der Waals surface area (Å²) in [7, 11) is 0. The first kappa shape index (κ1) is 10.4. The first-order valence-corrected chi connectivity index (χ1v) is 4.86. The van der Waals surface area contributed by atoms with E-state index in [0.717, 1.165) is 11.1 Å². The second-order valence-electron chi connectivity index (χ2n) is 3.37. The topological polar surface area (TPSA) is 32.9 Å². The summed E-state index contributed by atoms with van der Waals surface area (Å²) in [6.07, 6.45) is 5.23. The number of nitrogens with one attached hydrogen (secondary N) is 1. The van der Waals surface area contributed by atoms with Crippen molar-refractivity contribution in [3.63, 3.8) is 0 Å². The average molecular weight is 215 g/mol. The van der Waals surface area contributed by atoms with Gasteiger partial charge in [0.25, 0.3) is 0 Å². The molecule has 16 heavy (non-hydrogen) atoms. The van der Waals surface area contributed by atoms with Gasteiger partial charge in [-0.15, -0.1) is 0 Å². The molecule has 0 saturated carbocycles. The second kappa shape index (κ2) is 4.57. The molecule has 1 aromatic heterocycles. The van der Waals surface area contributed by atoms with E-state index in [2.05, 4.69) is 4.98 Å². The molecule has 0 aliphatic rings. The lowest BCUT2D eigenvalue weighted by molar-refractivity contribution is 0.628. The largest absolute Gasteiger partial charge is 0.329 e. The van der Waals surface area contributed by atoms with Gasteiger partial charge in [0.15, 0.2) is 0 Å². The maximum absolute atomic E-state index is 12.6. The molecule has 1 aromatic carbocycles. The highest BCUT2D eigenvalue weighted by molar-refractivity contribution is 5.69. The predicted molar refractivity (Wildman–Crippen MR) is 62.4 cm³/mol. The number of benzene rings is 1. The molecule has 0 atom stereocenters. The molecule has 0 spiro atoms. The molecular weight excluding hydrogens is 205 g/mol. The van der Waals surface area contributed by atoms with Crippen molar-refractivity contribution in [1.29, 1.82) is 0 Å². The fourth-order valence-corrected chi connectivity index (χ4v) is 1.33. The minimum Gasteiger partial charge on any atom is -0.329 e. The van der Waals surface area contributed by atoms with Crippen molar-refractivity contribution in [2.45, 2.75) is 0 Å². The van der Waals surface area contributed by atoms with E-state index in [1.54, 1.807) is 24.4 Å². The van der Waals surface area contributed by atoms with Crippen LogP contribution in [0.15, 0.2) is 47.4 Å². The van der Waals surface area contributed by atoms with E-state index in [-0.39, 0.29) is 11.4 Å². The molecule has 0 amide bonds. The van der Waals surface area contributed by atoms with E-state index in [0.29, 0.717) is 0 Å². The Hall–Kier alpha value is -2.16. The number of H-pyrrole nitrogens is 1. The maximum Gasteiger partial charge on any atom is 0.248 e. The van der Waals surface area contributed by atoms with E-state index in [9.17, 15) is 9.18 Å². The fourth-order valence-electron chi connectivity index (χ4n) is 1.33. The van der Waals surface area contributed by atoms with Crippen LogP contribution in [0.2, 0.25) is 0 Å². The molecule has 0 fully saturated rings. The molecule has 0 aliphatic heterocycles. The Balaban J connectivity index is 2.21. The lowest BCUT2D eigenvalue weighted by atomic mass is 10.1. The van der Waals surface area contributed by atoms with Crippen molar-refractivity contribution in [3.8, 4) is 0 Å². The normalized spacial score (nSPS) is 10.8. The predicted octanol–water partition coefficient (Wildman–Crippen LogP) is 2.68. The standard InChI is InChI=1S/C13H10FNO/c14-12-5-3-10(4-6-12)1-2-11-7-8-15-13(16)9-11/h1-9H,(H,15,16). The molecule has 1 heterocycles. The SMILES string of the molecule is O=c1cc(C=Cc2ccc(F)cc2)cc[nH]1. The highest BCUT2D eigenvalue weighted by Crippen LogP contribution is 2.07. The first-order chi connectivity index (χ1) is 7.74. The summed E-state index contributed by atoms with van der Waals surface area (Å²) in [5, 5.41) is 0. The number of halogens is 1. The van der Waals surface area contributed by atoms with Crippen LogP contribution in [0.25, 0.3) is 12.2 Å². The number of aromatic nitrogens is 1. The summed E-state index contributed by atoms with van der Waals surface area (Å²) in [6, 6.07) is 9.45. The Labute approximate surface area is 92.1 Å². The number of pyridine rings is 1. The van der Waals surface area contributed by atoms with Crippen LogP contribution in [0.5, 0.6) is 0 Å². The molecule has 80 valence electrons. The quantitative estimate of drug-likeness (QED) is 0.820. The van der Waals surface area contributed by atoms with Gasteiger partial charge in [-0.2, -0.15) is 0 Å². The van der Waals surface area contributed by atoms with Gasteiger partial charge in [-0.05, 0) is 29.3 Å². The van der Waals surface area contributed by atoms with E-state index in [1.807, 2.05) is 12.2 Å². The number of hydrogen-bond acceptors (Lipinski definition) is 1. The molecule has 2 aromatic rings. The van der Waals surface area contributed by atoms with Gasteiger partial charge < -0.3 is 4.98 Å². The third-order valence-corrected chi connectivity index (χ3v) is 2.14. The van der Waals surface area contributed by atoms with Crippen molar-refractivity contribution in [3.05, 3.63) is 69.9 Å². The average Bonchev–Trinajstić information content (AvgIpc) is 2.28. The van der Waals surface area contributed by atoms with Gasteiger partial charge in [-0.1, -0.05) is 24.3 Å². The zero-order valence-corrected chi connectivity index (χ0v) is 8.48.